The van der Waals surface area contributed by atoms with Crippen LogP contribution in [-0.4, -0.2) is 50.5 Å². The molecule has 0 fully saturated rings. The minimum Gasteiger partial charge on any atom is -0.349 e. The molecule has 0 bridgehead atoms. The van der Waals surface area contributed by atoms with Crippen molar-refractivity contribution in [3.05, 3.63) is 35.6 Å². The Labute approximate surface area is 126 Å². The van der Waals surface area contributed by atoms with Crippen LogP contribution >= 0.6 is 24.0 Å². The van der Waals surface area contributed by atoms with Crippen molar-refractivity contribution < 1.29 is 4.39 Å². The lowest BCUT2D eigenvalue weighted by molar-refractivity contribution is 0.479. The highest BCUT2D eigenvalue weighted by atomic mass is 127. The van der Waals surface area contributed by atoms with Crippen LogP contribution in [0.1, 0.15) is 5.56 Å². The third kappa shape index (κ3) is 5.66. The Kier molecular flexibility index (Phi) is 7.90. The van der Waals surface area contributed by atoms with Gasteiger partial charge in [0.25, 0.3) is 0 Å². The van der Waals surface area contributed by atoms with Gasteiger partial charge in [-0.3, -0.25) is 4.99 Å². The first-order valence-electron chi connectivity index (χ1n) is 5.64. The summed E-state index contributed by atoms with van der Waals surface area (Å²) in [7, 11) is 7.84. The van der Waals surface area contributed by atoms with Gasteiger partial charge in [0, 0.05) is 34.7 Å². The number of nitrogens with zero attached hydrogens (tertiary/aromatic N) is 3. The number of hydrogen-bond donors (Lipinski definition) is 0. The van der Waals surface area contributed by atoms with Crippen LogP contribution in [0.2, 0.25) is 0 Å². The summed E-state index contributed by atoms with van der Waals surface area (Å²) in [5.74, 6) is 0.730. The Balaban J connectivity index is 0.00000289. The van der Waals surface area contributed by atoms with E-state index in [1.165, 1.54) is 6.07 Å². The van der Waals surface area contributed by atoms with Crippen LogP contribution in [0.4, 0.5) is 4.39 Å². The average Bonchev–Trinajstić information content (AvgIpc) is 2.23. The Morgan fingerprint density at radius 3 is 2.28 bits per heavy atom. The molecule has 5 heteroatoms. The number of benzene rings is 1. The lowest BCUT2D eigenvalue weighted by Gasteiger charge is -2.22. The molecule has 0 amide bonds. The van der Waals surface area contributed by atoms with E-state index >= 15 is 0 Å². The molecule has 0 radical (unpaired) electrons. The lowest BCUT2D eigenvalue weighted by Crippen LogP contribution is -2.35. The van der Waals surface area contributed by atoms with Crippen LogP contribution < -0.4 is 0 Å². The molecular formula is C13H21FIN3. The summed E-state index contributed by atoms with van der Waals surface area (Å²) in [6.45, 7) is 0.662. The summed E-state index contributed by atoms with van der Waals surface area (Å²) in [4.78, 5) is 8.42. The zero-order chi connectivity index (χ0) is 12.8. The van der Waals surface area contributed by atoms with Gasteiger partial charge in [0.05, 0.1) is 0 Å². The van der Waals surface area contributed by atoms with Gasteiger partial charge in [-0.2, -0.15) is 0 Å². The normalized spacial score (nSPS) is 9.39. The van der Waals surface area contributed by atoms with E-state index in [0.29, 0.717) is 6.54 Å². The molecule has 0 unspecified atom stereocenters. The fourth-order valence-electron chi connectivity index (χ4n) is 1.66. The van der Waals surface area contributed by atoms with Crippen LogP contribution in [0, 0.1) is 5.82 Å². The molecule has 0 aromatic heterocycles. The predicted octanol–water partition coefficient (Wildman–Crippen LogP) is 2.47. The van der Waals surface area contributed by atoms with Gasteiger partial charge in [0.15, 0.2) is 5.96 Å². The zero-order valence-electron chi connectivity index (χ0n) is 11.4. The molecule has 0 spiro atoms. The molecule has 0 atom stereocenters. The fourth-order valence-corrected chi connectivity index (χ4v) is 1.66. The van der Waals surface area contributed by atoms with Crippen molar-refractivity contribution in [2.24, 2.45) is 4.99 Å². The Bertz CT molecular complexity index is 382. The molecule has 0 aliphatic rings. The molecule has 1 aromatic carbocycles. The van der Waals surface area contributed by atoms with Gasteiger partial charge in [-0.25, -0.2) is 4.39 Å². The van der Waals surface area contributed by atoms with E-state index in [1.807, 2.05) is 44.1 Å². The van der Waals surface area contributed by atoms with Gasteiger partial charge in [0.2, 0.25) is 0 Å². The molecule has 0 N–H and O–H groups in total. The molecule has 1 aromatic rings. The first kappa shape index (κ1) is 17.2. The molecule has 1 rings (SSSR count). The largest absolute Gasteiger partial charge is 0.349 e. The molecule has 3 nitrogen and oxygen atoms in total. The van der Waals surface area contributed by atoms with Crippen molar-refractivity contribution in [2.45, 2.75) is 6.42 Å². The van der Waals surface area contributed by atoms with Crippen LogP contribution in [0.5, 0.6) is 0 Å². The van der Waals surface area contributed by atoms with Gasteiger partial charge in [0.1, 0.15) is 5.82 Å². The van der Waals surface area contributed by atoms with Crippen molar-refractivity contribution in [1.82, 2.24) is 9.80 Å². The standard InChI is InChI=1S/C13H20FN3.HI/c1-16(2)13(17(3)4)15-9-8-11-6-5-7-12(14)10-11;/h5-7,10H,8-9H2,1-4H3;1H. The summed E-state index contributed by atoms with van der Waals surface area (Å²) in [5.41, 5.74) is 0.977. The zero-order valence-corrected chi connectivity index (χ0v) is 13.7. The van der Waals surface area contributed by atoms with E-state index < -0.39 is 0 Å². The summed E-state index contributed by atoms with van der Waals surface area (Å²) >= 11 is 0. The van der Waals surface area contributed by atoms with Crippen LogP contribution in [0.3, 0.4) is 0 Å². The molecule has 0 aliphatic heterocycles. The number of halogens is 2. The van der Waals surface area contributed by atoms with E-state index in [1.54, 1.807) is 12.1 Å². The lowest BCUT2D eigenvalue weighted by atomic mass is 10.1. The van der Waals surface area contributed by atoms with Crippen molar-refractivity contribution in [3.8, 4) is 0 Å². The molecule has 0 saturated carbocycles. The Morgan fingerprint density at radius 1 is 1.17 bits per heavy atom. The minimum atomic E-state index is -0.188. The third-order valence-electron chi connectivity index (χ3n) is 2.34. The van der Waals surface area contributed by atoms with E-state index in [0.717, 1.165) is 17.9 Å². The molecule has 0 aliphatic carbocycles. The van der Waals surface area contributed by atoms with Crippen LogP contribution in [0.25, 0.3) is 0 Å². The van der Waals surface area contributed by atoms with E-state index in [9.17, 15) is 4.39 Å². The molecule has 18 heavy (non-hydrogen) atoms. The number of hydrogen-bond acceptors (Lipinski definition) is 1. The molecule has 0 heterocycles. The van der Waals surface area contributed by atoms with Crippen LogP contribution in [-0.2, 0) is 6.42 Å². The summed E-state index contributed by atoms with van der Waals surface area (Å²) in [6.07, 6.45) is 0.753. The second kappa shape index (κ2) is 8.29. The maximum atomic E-state index is 13.0. The smallest absolute Gasteiger partial charge is 0.195 e. The second-order valence-electron chi connectivity index (χ2n) is 4.35. The van der Waals surface area contributed by atoms with Crippen molar-refractivity contribution in [2.75, 3.05) is 34.7 Å². The maximum absolute atomic E-state index is 13.0. The first-order chi connectivity index (χ1) is 8.00. The van der Waals surface area contributed by atoms with Crippen molar-refractivity contribution >= 4 is 29.9 Å². The minimum absolute atomic E-state index is 0. The van der Waals surface area contributed by atoms with Gasteiger partial charge < -0.3 is 9.80 Å². The monoisotopic (exact) mass is 365 g/mol. The molecule has 102 valence electrons. The predicted molar refractivity (Wildman–Crippen MR) is 85.2 cm³/mol. The quantitative estimate of drug-likeness (QED) is 0.466. The maximum Gasteiger partial charge on any atom is 0.195 e. The topological polar surface area (TPSA) is 18.8 Å². The van der Waals surface area contributed by atoms with E-state index in [-0.39, 0.29) is 29.8 Å². The second-order valence-corrected chi connectivity index (χ2v) is 4.35. The highest BCUT2D eigenvalue weighted by Crippen LogP contribution is 2.04. The summed E-state index contributed by atoms with van der Waals surface area (Å²) < 4.78 is 13.0. The highest BCUT2D eigenvalue weighted by Gasteiger charge is 2.03. The highest BCUT2D eigenvalue weighted by molar-refractivity contribution is 14.0. The van der Waals surface area contributed by atoms with Gasteiger partial charge in [-0.1, -0.05) is 12.1 Å². The van der Waals surface area contributed by atoms with Crippen LogP contribution in [0.15, 0.2) is 29.3 Å². The molecular weight excluding hydrogens is 344 g/mol. The molecule has 0 saturated heterocycles. The number of rotatable bonds is 3. The fraction of sp³-hybridized carbons (Fsp3) is 0.462. The number of guanidine groups is 1. The summed E-state index contributed by atoms with van der Waals surface area (Å²) in [6, 6.07) is 6.66. The summed E-state index contributed by atoms with van der Waals surface area (Å²) in [5, 5.41) is 0. The van der Waals surface area contributed by atoms with Crippen molar-refractivity contribution in [3.63, 3.8) is 0 Å². The van der Waals surface area contributed by atoms with E-state index in [4.69, 9.17) is 0 Å². The SMILES string of the molecule is CN(C)C(=NCCc1cccc(F)c1)N(C)C.I. The third-order valence-corrected chi connectivity index (χ3v) is 2.34. The Hall–Kier alpha value is -0.850. The Morgan fingerprint density at radius 2 is 1.78 bits per heavy atom. The van der Waals surface area contributed by atoms with Gasteiger partial charge in [-0.05, 0) is 24.1 Å². The average molecular weight is 365 g/mol. The van der Waals surface area contributed by atoms with Gasteiger partial charge in [-0.15, -0.1) is 24.0 Å². The van der Waals surface area contributed by atoms with Gasteiger partial charge >= 0.3 is 0 Å². The van der Waals surface area contributed by atoms with E-state index in [2.05, 4.69) is 4.99 Å². The first-order valence-corrected chi connectivity index (χ1v) is 5.64. The van der Waals surface area contributed by atoms with Crippen molar-refractivity contribution in [1.29, 1.82) is 0 Å². The number of aliphatic imine (C=N–C) groups is 1.